The van der Waals surface area contributed by atoms with Gasteiger partial charge in [-0.15, -0.1) is 0 Å². The first-order valence-electron chi connectivity index (χ1n) is 7.40. The van der Waals surface area contributed by atoms with Crippen LogP contribution in [0.5, 0.6) is 0 Å². The number of benzene rings is 1. The number of aliphatic hydroxyl groups excluding tert-OH is 1. The maximum atomic E-state index is 11.6. The molecule has 0 bridgehead atoms. The van der Waals surface area contributed by atoms with Crippen molar-refractivity contribution in [3.63, 3.8) is 0 Å². The second-order valence-corrected chi connectivity index (χ2v) is 5.39. The van der Waals surface area contributed by atoms with Gasteiger partial charge in [0.2, 0.25) is 5.91 Å². The molecule has 1 amide bonds. The average Bonchev–Trinajstić information content (AvgIpc) is 2.53. The van der Waals surface area contributed by atoms with E-state index in [1.54, 1.807) is 7.05 Å². The van der Waals surface area contributed by atoms with Gasteiger partial charge in [-0.1, -0.05) is 19.1 Å². The van der Waals surface area contributed by atoms with Crippen LogP contribution >= 0.6 is 0 Å². The van der Waals surface area contributed by atoms with E-state index in [-0.39, 0.29) is 17.9 Å². The summed E-state index contributed by atoms with van der Waals surface area (Å²) in [6.45, 7) is 3.80. The van der Waals surface area contributed by atoms with E-state index < -0.39 is 0 Å². The molecule has 4 heteroatoms. The number of carbonyl (C=O) groups is 1. The number of carbonyl (C=O) groups excluding carboxylic acids is 1. The van der Waals surface area contributed by atoms with Crippen molar-refractivity contribution in [1.29, 1.82) is 0 Å². The molecule has 1 aromatic carbocycles. The minimum Gasteiger partial charge on any atom is -0.388 e. The lowest BCUT2D eigenvalue weighted by Gasteiger charge is -2.33. The van der Waals surface area contributed by atoms with Crippen molar-refractivity contribution in [1.82, 2.24) is 5.32 Å². The van der Waals surface area contributed by atoms with Crippen LogP contribution in [0.4, 0.5) is 5.69 Å². The maximum Gasteiger partial charge on any atom is 0.222 e. The van der Waals surface area contributed by atoms with Crippen LogP contribution in [-0.4, -0.2) is 31.2 Å². The number of anilines is 1. The minimum atomic E-state index is -0.372. The third-order valence-electron chi connectivity index (χ3n) is 4.14. The molecule has 1 aromatic rings. The van der Waals surface area contributed by atoms with Gasteiger partial charge >= 0.3 is 0 Å². The van der Waals surface area contributed by atoms with E-state index in [1.165, 1.54) is 5.69 Å². The number of hydrogen-bond acceptors (Lipinski definition) is 3. The van der Waals surface area contributed by atoms with E-state index in [1.807, 2.05) is 19.1 Å². The third-order valence-corrected chi connectivity index (χ3v) is 4.14. The maximum absolute atomic E-state index is 11.6. The molecule has 0 saturated carbocycles. The van der Waals surface area contributed by atoms with Gasteiger partial charge < -0.3 is 15.3 Å². The van der Waals surface area contributed by atoms with Crippen molar-refractivity contribution >= 4 is 11.6 Å². The van der Waals surface area contributed by atoms with Crippen LogP contribution in [0, 0.1) is 5.92 Å². The van der Waals surface area contributed by atoms with Crippen LogP contribution in [0.15, 0.2) is 24.3 Å². The second-order valence-electron chi connectivity index (χ2n) is 5.39. The minimum absolute atomic E-state index is 0.150. The van der Waals surface area contributed by atoms with E-state index >= 15 is 0 Å². The summed E-state index contributed by atoms with van der Waals surface area (Å²) in [6.07, 6.45) is 2.16. The summed E-state index contributed by atoms with van der Waals surface area (Å²) in [6, 6.07) is 8.12. The first-order chi connectivity index (χ1) is 9.65. The number of piperidine rings is 1. The molecule has 1 atom stereocenters. The summed E-state index contributed by atoms with van der Waals surface area (Å²) in [5, 5.41) is 12.5. The Hall–Kier alpha value is -1.55. The summed E-state index contributed by atoms with van der Waals surface area (Å²) >= 11 is 0. The van der Waals surface area contributed by atoms with Crippen molar-refractivity contribution in [2.75, 3.05) is 25.0 Å². The van der Waals surface area contributed by atoms with Gasteiger partial charge in [0.05, 0.1) is 6.10 Å². The predicted molar refractivity (Wildman–Crippen MR) is 80.7 cm³/mol. The number of nitrogens with one attached hydrogen (secondary N) is 1. The first-order valence-corrected chi connectivity index (χ1v) is 7.40. The predicted octanol–water partition coefficient (Wildman–Crippen LogP) is 2.09. The molecule has 20 heavy (non-hydrogen) atoms. The molecule has 1 aliphatic rings. The lowest BCUT2D eigenvalue weighted by atomic mass is 9.95. The third kappa shape index (κ3) is 3.31. The Balaban J connectivity index is 1.95. The lowest BCUT2D eigenvalue weighted by molar-refractivity contribution is -0.125. The molecule has 1 saturated heterocycles. The highest BCUT2D eigenvalue weighted by Crippen LogP contribution is 2.25. The van der Waals surface area contributed by atoms with Gasteiger partial charge in [0, 0.05) is 31.7 Å². The van der Waals surface area contributed by atoms with Crippen molar-refractivity contribution in [2.24, 2.45) is 5.92 Å². The van der Waals surface area contributed by atoms with Crippen molar-refractivity contribution in [3.8, 4) is 0 Å². The van der Waals surface area contributed by atoms with Crippen molar-refractivity contribution in [2.45, 2.75) is 32.3 Å². The topological polar surface area (TPSA) is 52.6 Å². The van der Waals surface area contributed by atoms with Crippen LogP contribution < -0.4 is 10.2 Å². The Morgan fingerprint density at radius 1 is 1.35 bits per heavy atom. The molecule has 1 heterocycles. The van der Waals surface area contributed by atoms with E-state index in [0.717, 1.165) is 37.9 Å². The van der Waals surface area contributed by atoms with Crippen LogP contribution in [0.25, 0.3) is 0 Å². The number of rotatable bonds is 4. The van der Waals surface area contributed by atoms with E-state index in [9.17, 15) is 9.90 Å². The smallest absolute Gasteiger partial charge is 0.222 e. The molecule has 0 spiro atoms. The zero-order valence-corrected chi connectivity index (χ0v) is 12.3. The molecule has 0 unspecified atom stereocenters. The molecule has 4 nitrogen and oxygen atoms in total. The first kappa shape index (κ1) is 14.9. The summed E-state index contributed by atoms with van der Waals surface area (Å²) in [5.74, 6) is 0.309. The average molecular weight is 276 g/mol. The monoisotopic (exact) mass is 276 g/mol. The molecule has 1 aliphatic heterocycles. The number of aliphatic hydroxyl groups is 1. The van der Waals surface area contributed by atoms with Gasteiger partial charge in [0.25, 0.3) is 0 Å². The fourth-order valence-electron chi connectivity index (χ4n) is 2.75. The Morgan fingerprint density at radius 2 is 1.95 bits per heavy atom. The molecular weight excluding hydrogens is 252 g/mol. The van der Waals surface area contributed by atoms with Crippen LogP contribution in [0.1, 0.15) is 37.9 Å². The Kier molecular flexibility index (Phi) is 5.01. The fraction of sp³-hybridized carbons (Fsp3) is 0.562. The van der Waals surface area contributed by atoms with E-state index in [0.29, 0.717) is 0 Å². The van der Waals surface area contributed by atoms with Crippen LogP contribution in [0.2, 0.25) is 0 Å². The van der Waals surface area contributed by atoms with Gasteiger partial charge in [0.15, 0.2) is 0 Å². The number of hydrogen-bond donors (Lipinski definition) is 2. The number of amides is 1. The zero-order valence-electron chi connectivity index (χ0n) is 12.3. The summed E-state index contributed by atoms with van der Waals surface area (Å²) in [5.41, 5.74) is 2.14. The van der Waals surface area contributed by atoms with Gasteiger partial charge in [0.1, 0.15) is 0 Å². The molecule has 2 N–H and O–H groups in total. The fourth-order valence-corrected chi connectivity index (χ4v) is 2.75. The van der Waals surface area contributed by atoms with Gasteiger partial charge in [-0.25, -0.2) is 0 Å². The van der Waals surface area contributed by atoms with Crippen molar-refractivity contribution in [3.05, 3.63) is 29.8 Å². The summed E-state index contributed by atoms with van der Waals surface area (Å²) < 4.78 is 0. The Bertz CT molecular complexity index is 436. The Labute approximate surface area is 120 Å². The van der Waals surface area contributed by atoms with E-state index in [4.69, 9.17) is 0 Å². The van der Waals surface area contributed by atoms with Crippen LogP contribution in [0.3, 0.4) is 0 Å². The largest absolute Gasteiger partial charge is 0.388 e. The van der Waals surface area contributed by atoms with Crippen molar-refractivity contribution < 1.29 is 9.90 Å². The zero-order chi connectivity index (χ0) is 14.5. The highest BCUT2D eigenvalue weighted by atomic mass is 16.3. The molecule has 2 rings (SSSR count). The van der Waals surface area contributed by atoms with E-state index in [2.05, 4.69) is 22.3 Å². The molecule has 0 radical (unpaired) electrons. The summed E-state index contributed by atoms with van der Waals surface area (Å²) in [4.78, 5) is 13.9. The molecule has 1 fully saturated rings. The summed E-state index contributed by atoms with van der Waals surface area (Å²) in [7, 11) is 1.70. The molecule has 0 aromatic heterocycles. The second kappa shape index (κ2) is 6.75. The normalized spacial score (nSPS) is 17.9. The van der Waals surface area contributed by atoms with Crippen LogP contribution in [-0.2, 0) is 4.79 Å². The highest BCUT2D eigenvalue weighted by Gasteiger charge is 2.24. The quantitative estimate of drug-likeness (QED) is 0.885. The Morgan fingerprint density at radius 3 is 2.45 bits per heavy atom. The van der Waals surface area contributed by atoms with Gasteiger partial charge in [-0.2, -0.15) is 0 Å². The SMILES string of the molecule is CC[C@@H](O)c1ccc(N2CCC(C(=O)NC)CC2)cc1. The standard InChI is InChI=1S/C16H24N2O2/c1-3-15(19)12-4-6-14(7-5-12)18-10-8-13(9-11-18)16(20)17-2/h4-7,13,15,19H,3,8-11H2,1-2H3,(H,17,20)/t15-/m1/s1. The highest BCUT2D eigenvalue weighted by molar-refractivity contribution is 5.78. The van der Waals surface area contributed by atoms with Gasteiger partial charge in [-0.3, -0.25) is 4.79 Å². The molecule has 110 valence electrons. The molecular formula is C16H24N2O2. The molecule has 0 aliphatic carbocycles. The number of nitrogens with zero attached hydrogens (tertiary/aromatic N) is 1. The lowest BCUT2D eigenvalue weighted by Crippen LogP contribution is -2.39. The van der Waals surface area contributed by atoms with Gasteiger partial charge in [-0.05, 0) is 37.0 Å².